The van der Waals surface area contributed by atoms with Gasteiger partial charge in [-0.05, 0) is 42.7 Å². The molecule has 1 atom stereocenters. The first kappa shape index (κ1) is 14.3. The molecule has 6 heteroatoms. The van der Waals surface area contributed by atoms with Gasteiger partial charge >= 0.3 is 0 Å². The number of hydrogen-bond acceptors (Lipinski definition) is 4. The number of rotatable bonds is 3. The summed E-state index contributed by atoms with van der Waals surface area (Å²) in [7, 11) is 0. The van der Waals surface area contributed by atoms with Crippen LogP contribution in [0.4, 0.5) is 10.1 Å². The second-order valence-corrected chi connectivity index (χ2v) is 5.37. The zero-order valence-electron chi connectivity index (χ0n) is 12.1. The maximum absolute atomic E-state index is 13.0. The Balaban J connectivity index is 1.99. The predicted octanol–water partition coefficient (Wildman–Crippen LogP) is 2.10. The van der Waals surface area contributed by atoms with Crippen molar-refractivity contribution in [3.05, 3.63) is 53.0 Å². The summed E-state index contributed by atoms with van der Waals surface area (Å²) in [5, 5.41) is 3.26. The number of hydrogen-bond donors (Lipinski definition) is 2. The van der Waals surface area contributed by atoms with Crippen LogP contribution in [0.25, 0.3) is 0 Å². The van der Waals surface area contributed by atoms with E-state index in [0.717, 1.165) is 11.3 Å². The molecule has 1 aromatic carbocycles. The normalized spacial score (nSPS) is 16.4. The smallest absolute Gasteiger partial charge is 0.267 e. The minimum atomic E-state index is -0.609. The fraction of sp³-hybridized carbons (Fsp3) is 0.250. The maximum atomic E-state index is 13.0. The van der Waals surface area contributed by atoms with E-state index in [1.807, 2.05) is 13.0 Å². The molecule has 0 spiro atoms. The van der Waals surface area contributed by atoms with E-state index in [4.69, 9.17) is 10.5 Å². The molecule has 0 radical (unpaired) electrons. The van der Waals surface area contributed by atoms with Gasteiger partial charge in [-0.15, -0.1) is 0 Å². The Hall–Kier alpha value is -2.63. The van der Waals surface area contributed by atoms with Crippen LogP contribution >= 0.6 is 0 Å². The number of carbonyl (C=O) groups excluding carboxylic acids is 1. The van der Waals surface area contributed by atoms with Crippen molar-refractivity contribution >= 4 is 11.6 Å². The number of nitrogens with two attached hydrogens (primary N) is 1. The number of benzene rings is 1. The Kier molecular flexibility index (Phi) is 3.66. The molecule has 0 unspecified atom stereocenters. The second kappa shape index (κ2) is 5.63. The molecule has 2 aromatic rings. The molecule has 22 heavy (non-hydrogen) atoms. The molecule has 3 N–H and O–H groups in total. The number of halogens is 1. The second-order valence-electron chi connectivity index (χ2n) is 5.37. The third-order valence-corrected chi connectivity index (χ3v) is 3.48. The van der Waals surface area contributed by atoms with Gasteiger partial charge in [0, 0.05) is 0 Å². The van der Waals surface area contributed by atoms with Gasteiger partial charge in [-0.2, -0.15) is 0 Å². The van der Waals surface area contributed by atoms with Crippen molar-refractivity contribution in [2.24, 2.45) is 5.73 Å². The highest BCUT2D eigenvalue weighted by Crippen LogP contribution is 2.30. The molecule has 3 rings (SSSR count). The summed E-state index contributed by atoms with van der Waals surface area (Å²) >= 11 is 0. The van der Waals surface area contributed by atoms with Crippen LogP contribution in [0.5, 0.6) is 5.88 Å². The van der Waals surface area contributed by atoms with E-state index < -0.39 is 5.91 Å². The number of nitrogens with zero attached hydrogens (tertiary/aromatic N) is 1. The van der Waals surface area contributed by atoms with Gasteiger partial charge in [-0.1, -0.05) is 12.1 Å². The van der Waals surface area contributed by atoms with Crippen LogP contribution in [-0.2, 0) is 6.42 Å². The van der Waals surface area contributed by atoms with Crippen LogP contribution in [0.3, 0.4) is 0 Å². The van der Waals surface area contributed by atoms with Crippen molar-refractivity contribution in [3.63, 3.8) is 0 Å². The molecule has 2 heterocycles. The molecule has 5 nitrogen and oxygen atoms in total. The Morgan fingerprint density at radius 3 is 2.86 bits per heavy atom. The maximum Gasteiger partial charge on any atom is 0.267 e. The topological polar surface area (TPSA) is 77.2 Å². The van der Waals surface area contributed by atoms with Crippen molar-refractivity contribution in [3.8, 4) is 5.88 Å². The van der Waals surface area contributed by atoms with E-state index in [2.05, 4.69) is 10.3 Å². The van der Waals surface area contributed by atoms with E-state index in [9.17, 15) is 9.18 Å². The monoisotopic (exact) mass is 301 g/mol. The molecule has 1 amide bonds. The van der Waals surface area contributed by atoms with Gasteiger partial charge in [-0.25, -0.2) is 9.37 Å². The number of primary amides is 1. The van der Waals surface area contributed by atoms with E-state index >= 15 is 0 Å². The molecule has 114 valence electrons. The van der Waals surface area contributed by atoms with E-state index in [1.54, 1.807) is 12.1 Å². The Labute approximate surface area is 127 Å². The summed E-state index contributed by atoms with van der Waals surface area (Å²) in [6.45, 7) is 2.47. The molecular formula is C16H16FN3O2. The Bertz CT molecular complexity index is 716. The van der Waals surface area contributed by atoms with Gasteiger partial charge in [-0.3, -0.25) is 4.79 Å². The number of nitrogens with one attached hydrogen (secondary N) is 1. The van der Waals surface area contributed by atoms with E-state index in [0.29, 0.717) is 24.5 Å². The van der Waals surface area contributed by atoms with Crippen molar-refractivity contribution in [2.75, 3.05) is 11.9 Å². The van der Waals surface area contributed by atoms with Crippen LogP contribution in [0.2, 0.25) is 0 Å². The summed E-state index contributed by atoms with van der Waals surface area (Å²) in [5.41, 5.74) is 7.89. The lowest BCUT2D eigenvalue weighted by atomic mass is 10.0. The summed E-state index contributed by atoms with van der Waals surface area (Å²) < 4.78 is 18.5. The van der Waals surface area contributed by atoms with Gasteiger partial charge in [0.05, 0.1) is 11.7 Å². The Morgan fingerprint density at radius 1 is 1.45 bits per heavy atom. The number of amides is 1. The lowest BCUT2D eigenvalue weighted by molar-refractivity contribution is 0.0993. The summed E-state index contributed by atoms with van der Waals surface area (Å²) in [4.78, 5) is 15.9. The highest BCUT2D eigenvalue weighted by molar-refractivity contribution is 5.93. The van der Waals surface area contributed by atoms with E-state index in [-0.39, 0.29) is 17.6 Å². The van der Waals surface area contributed by atoms with Crippen molar-refractivity contribution in [1.29, 1.82) is 0 Å². The number of fused-ring (bicyclic) bond motifs is 1. The van der Waals surface area contributed by atoms with Gasteiger partial charge in [0.1, 0.15) is 18.1 Å². The number of carbonyl (C=O) groups is 1. The first-order valence-corrected chi connectivity index (χ1v) is 7.00. The minimum Gasteiger partial charge on any atom is -0.474 e. The average molecular weight is 301 g/mol. The highest BCUT2D eigenvalue weighted by atomic mass is 19.1. The first-order chi connectivity index (χ1) is 10.5. The fourth-order valence-electron chi connectivity index (χ4n) is 2.43. The van der Waals surface area contributed by atoms with Gasteiger partial charge < -0.3 is 15.8 Å². The van der Waals surface area contributed by atoms with E-state index in [1.165, 1.54) is 12.1 Å². The Morgan fingerprint density at radius 2 is 2.18 bits per heavy atom. The fourth-order valence-corrected chi connectivity index (χ4v) is 2.43. The molecule has 0 bridgehead atoms. The molecule has 1 aromatic heterocycles. The van der Waals surface area contributed by atoms with Crippen molar-refractivity contribution in [2.45, 2.75) is 19.4 Å². The number of anilines is 1. The average Bonchev–Trinajstić information content (AvgIpc) is 2.48. The molecule has 0 fully saturated rings. The molecule has 0 aliphatic carbocycles. The third kappa shape index (κ3) is 2.86. The summed E-state index contributed by atoms with van der Waals surface area (Å²) in [6.07, 6.45) is 0.439. The molecule has 0 saturated carbocycles. The van der Waals surface area contributed by atoms with Crippen LogP contribution < -0.4 is 15.8 Å². The number of ether oxygens (including phenoxy) is 1. The first-order valence-electron chi connectivity index (χ1n) is 7.00. The van der Waals surface area contributed by atoms with Gasteiger partial charge in [0.15, 0.2) is 0 Å². The standard InChI is InChI=1S/C16H16FN3O2/c1-9-8-22-16-13(19-9)7-11(14(20-16)15(18)21)6-10-2-4-12(17)5-3-10/h2-5,7,9,19H,6,8H2,1H3,(H2,18,21)/t9-/m0/s1. The number of pyridine rings is 1. The zero-order valence-corrected chi connectivity index (χ0v) is 12.1. The zero-order chi connectivity index (χ0) is 15.7. The molecular weight excluding hydrogens is 285 g/mol. The van der Waals surface area contributed by atoms with Crippen LogP contribution in [0.15, 0.2) is 30.3 Å². The lowest BCUT2D eigenvalue weighted by Crippen LogP contribution is -2.30. The van der Waals surface area contributed by atoms with Crippen LogP contribution in [-0.4, -0.2) is 23.5 Å². The summed E-state index contributed by atoms with van der Waals surface area (Å²) in [5.74, 6) is -0.525. The van der Waals surface area contributed by atoms with Gasteiger partial charge in [0.25, 0.3) is 5.91 Å². The number of aromatic nitrogens is 1. The SMILES string of the molecule is C[C@H]1COc2nc(C(N)=O)c(Cc3ccc(F)cc3)cc2N1. The minimum absolute atomic E-state index is 0.160. The third-order valence-electron chi connectivity index (χ3n) is 3.48. The highest BCUT2D eigenvalue weighted by Gasteiger charge is 2.21. The summed E-state index contributed by atoms with van der Waals surface area (Å²) in [6, 6.07) is 8.09. The molecule has 1 aliphatic rings. The molecule has 1 aliphatic heterocycles. The van der Waals surface area contributed by atoms with Gasteiger partial charge in [0.2, 0.25) is 5.88 Å². The van der Waals surface area contributed by atoms with Crippen molar-refractivity contribution in [1.82, 2.24) is 4.98 Å². The lowest BCUT2D eigenvalue weighted by Gasteiger charge is -2.25. The quantitative estimate of drug-likeness (QED) is 0.910. The van der Waals surface area contributed by atoms with Crippen LogP contribution in [0, 0.1) is 5.82 Å². The van der Waals surface area contributed by atoms with Crippen LogP contribution in [0.1, 0.15) is 28.5 Å². The van der Waals surface area contributed by atoms with Crippen molar-refractivity contribution < 1.29 is 13.9 Å². The molecule has 0 saturated heterocycles. The largest absolute Gasteiger partial charge is 0.474 e. The predicted molar refractivity (Wildman–Crippen MR) is 80.5 cm³/mol.